The van der Waals surface area contributed by atoms with Crippen LogP contribution in [0.2, 0.25) is 0 Å². The zero-order valence-corrected chi connectivity index (χ0v) is 11.8. The van der Waals surface area contributed by atoms with Crippen LogP contribution in [0.5, 0.6) is 0 Å². The van der Waals surface area contributed by atoms with Crippen LogP contribution in [0.25, 0.3) is 5.69 Å². The largest absolute Gasteiger partial charge is 0.481 e. The van der Waals surface area contributed by atoms with Crippen molar-refractivity contribution in [2.45, 2.75) is 25.2 Å². The number of carboxylic acid groups (broad SMARTS) is 1. The van der Waals surface area contributed by atoms with Gasteiger partial charge in [0.25, 0.3) is 0 Å². The molecule has 2 rings (SSSR count). The smallest absolute Gasteiger partial charge is 0.416 e. The van der Waals surface area contributed by atoms with Gasteiger partial charge in [0.1, 0.15) is 0 Å². The first-order valence-corrected chi connectivity index (χ1v) is 6.53. The number of rotatable bonds is 4. The molecule has 0 saturated heterocycles. The van der Waals surface area contributed by atoms with Crippen molar-refractivity contribution in [2.75, 3.05) is 0 Å². The maximum Gasteiger partial charge on any atom is 0.416 e. The highest BCUT2D eigenvalue weighted by Gasteiger charge is 2.37. The zero-order valence-electron chi connectivity index (χ0n) is 11.8. The second kappa shape index (κ2) is 6.17. The van der Waals surface area contributed by atoms with Gasteiger partial charge < -0.3 is 5.11 Å². The fourth-order valence-electron chi connectivity index (χ4n) is 1.94. The highest BCUT2D eigenvalue weighted by molar-refractivity contribution is 5.66. The Hall–Kier alpha value is -2.52. The van der Waals surface area contributed by atoms with Gasteiger partial charge in [-0.05, 0) is 24.3 Å². The second-order valence-corrected chi connectivity index (χ2v) is 4.91. The number of benzene rings is 1. The number of alkyl halides is 6. The lowest BCUT2D eigenvalue weighted by atomic mass is 10.1. The zero-order chi connectivity index (χ0) is 18.1. The van der Waals surface area contributed by atoms with Gasteiger partial charge in [0.15, 0.2) is 0 Å². The summed E-state index contributed by atoms with van der Waals surface area (Å²) in [4.78, 5) is 10.5. The number of aromatic nitrogens is 2. The van der Waals surface area contributed by atoms with Crippen LogP contribution in [-0.2, 0) is 23.6 Å². The normalized spacial score (nSPS) is 12.4. The molecule has 0 aliphatic heterocycles. The fourth-order valence-corrected chi connectivity index (χ4v) is 1.94. The van der Waals surface area contributed by atoms with Crippen LogP contribution in [0, 0.1) is 0 Å². The molecule has 24 heavy (non-hydrogen) atoms. The van der Waals surface area contributed by atoms with Crippen LogP contribution in [0.4, 0.5) is 26.3 Å². The van der Waals surface area contributed by atoms with Gasteiger partial charge in [0.2, 0.25) is 0 Å². The Morgan fingerprint density at radius 1 is 1.04 bits per heavy atom. The Bertz CT molecular complexity index is 716. The van der Waals surface area contributed by atoms with Crippen LogP contribution < -0.4 is 0 Å². The van der Waals surface area contributed by atoms with Gasteiger partial charge in [0.05, 0.1) is 28.9 Å². The van der Waals surface area contributed by atoms with Crippen LogP contribution in [-0.4, -0.2) is 20.9 Å². The predicted octanol–water partition coefficient (Wildman–Crippen LogP) is 3.93. The molecule has 0 unspecified atom stereocenters. The molecule has 0 amide bonds. The average Bonchev–Trinajstić information content (AvgIpc) is 2.91. The Morgan fingerprint density at radius 2 is 1.58 bits per heavy atom. The molecule has 1 aromatic heterocycles. The van der Waals surface area contributed by atoms with E-state index < -0.39 is 35.1 Å². The highest BCUT2D eigenvalue weighted by Crippen LogP contribution is 2.37. The summed E-state index contributed by atoms with van der Waals surface area (Å²) in [5, 5.41) is 12.4. The molecule has 1 aromatic carbocycles. The SMILES string of the molecule is O=C(O)CCc1ccn(-c2cc(C(F)(F)F)cc(C(F)(F)F)c2)n1. The van der Waals surface area contributed by atoms with Crippen LogP contribution in [0.1, 0.15) is 23.2 Å². The minimum Gasteiger partial charge on any atom is -0.481 e. The quantitative estimate of drug-likeness (QED) is 0.849. The van der Waals surface area contributed by atoms with E-state index >= 15 is 0 Å². The molecule has 10 heteroatoms. The van der Waals surface area contributed by atoms with E-state index in [1.807, 2.05) is 0 Å². The lowest BCUT2D eigenvalue weighted by Crippen LogP contribution is -2.12. The second-order valence-electron chi connectivity index (χ2n) is 4.91. The van der Waals surface area contributed by atoms with Crippen molar-refractivity contribution in [3.63, 3.8) is 0 Å². The van der Waals surface area contributed by atoms with Crippen molar-refractivity contribution in [3.8, 4) is 5.69 Å². The first kappa shape index (κ1) is 17.8. The van der Waals surface area contributed by atoms with E-state index in [-0.39, 0.29) is 24.6 Å². The maximum atomic E-state index is 12.8. The third kappa shape index (κ3) is 4.27. The van der Waals surface area contributed by atoms with E-state index in [4.69, 9.17) is 5.11 Å². The summed E-state index contributed by atoms with van der Waals surface area (Å²) in [6.07, 6.45) is -8.97. The molecule has 0 aliphatic carbocycles. The number of nitrogens with zero attached hydrogens (tertiary/aromatic N) is 2. The Kier molecular flexibility index (Phi) is 4.59. The summed E-state index contributed by atoms with van der Waals surface area (Å²) in [6, 6.07) is 2.45. The van der Waals surface area contributed by atoms with Crippen LogP contribution >= 0.6 is 0 Å². The van der Waals surface area contributed by atoms with E-state index in [0.717, 1.165) is 4.68 Å². The van der Waals surface area contributed by atoms with E-state index in [1.165, 1.54) is 12.3 Å². The van der Waals surface area contributed by atoms with Gasteiger partial charge in [-0.25, -0.2) is 4.68 Å². The van der Waals surface area contributed by atoms with E-state index in [9.17, 15) is 31.1 Å². The fraction of sp³-hybridized carbons (Fsp3) is 0.286. The number of hydrogen-bond acceptors (Lipinski definition) is 2. The summed E-state index contributed by atoms with van der Waals surface area (Å²) in [6.45, 7) is 0. The summed E-state index contributed by atoms with van der Waals surface area (Å²) >= 11 is 0. The monoisotopic (exact) mass is 352 g/mol. The summed E-state index contributed by atoms with van der Waals surface area (Å²) in [5.74, 6) is -1.09. The topological polar surface area (TPSA) is 55.1 Å². The molecular formula is C14H10F6N2O2. The molecule has 1 N–H and O–H groups in total. The first-order chi connectivity index (χ1) is 11.0. The van der Waals surface area contributed by atoms with Crippen molar-refractivity contribution in [1.82, 2.24) is 9.78 Å². The molecular weight excluding hydrogens is 342 g/mol. The first-order valence-electron chi connectivity index (χ1n) is 6.53. The molecule has 0 bridgehead atoms. The molecule has 0 aliphatic rings. The summed E-state index contributed by atoms with van der Waals surface area (Å²) in [7, 11) is 0. The van der Waals surface area contributed by atoms with E-state index in [1.54, 1.807) is 0 Å². The predicted molar refractivity (Wildman–Crippen MR) is 69.5 cm³/mol. The average molecular weight is 352 g/mol. The van der Waals surface area contributed by atoms with Gasteiger partial charge in [0, 0.05) is 12.6 Å². The molecule has 1 heterocycles. The number of hydrogen-bond donors (Lipinski definition) is 1. The van der Waals surface area contributed by atoms with Gasteiger partial charge in [-0.1, -0.05) is 0 Å². The molecule has 0 fully saturated rings. The number of carboxylic acids is 1. The summed E-state index contributed by atoms with van der Waals surface area (Å²) in [5.41, 5.74) is -3.08. The van der Waals surface area contributed by atoms with E-state index in [2.05, 4.69) is 5.10 Å². The van der Waals surface area contributed by atoms with Crippen LogP contribution in [0.3, 0.4) is 0 Å². The molecule has 2 aromatic rings. The van der Waals surface area contributed by atoms with Crippen LogP contribution in [0.15, 0.2) is 30.5 Å². The van der Waals surface area contributed by atoms with Gasteiger partial charge >= 0.3 is 18.3 Å². The third-order valence-electron chi connectivity index (χ3n) is 3.08. The van der Waals surface area contributed by atoms with Gasteiger partial charge in [-0.3, -0.25) is 4.79 Å². The molecule has 130 valence electrons. The third-order valence-corrected chi connectivity index (χ3v) is 3.08. The molecule has 0 spiro atoms. The number of carbonyl (C=O) groups is 1. The maximum absolute atomic E-state index is 12.8. The Morgan fingerprint density at radius 3 is 2.04 bits per heavy atom. The lowest BCUT2D eigenvalue weighted by molar-refractivity contribution is -0.143. The minimum atomic E-state index is -4.95. The Balaban J connectivity index is 2.44. The molecule has 0 radical (unpaired) electrons. The minimum absolute atomic E-state index is 0.00736. The van der Waals surface area contributed by atoms with E-state index in [0.29, 0.717) is 12.1 Å². The van der Waals surface area contributed by atoms with Crippen molar-refractivity contribution >= 4 is 5.97 Å². The number of aliphatic carboxylic acids is 1. The van der Waals surface area contributed by atoms with Gasteiger partial charge in [-0.15, -0.1) is 0 Å². The standard InChI is InChI=1S/C14H10F6N2O2/c15-13(16,17)8-5-9(14(18,19)20)7-11(6-8)22-4-3-10(21-22)1-2-12(23)24/h3-7H,1-2H2,(H,23,24). The van der Waals surface area contributed by atoms with Crippen molar-refractivity contribution in [1.29, 1.82) is 0 Å². The van der Waals surface area contributed by atoms with Crippen molar-refractivity contribution < 1.29 is 36.2 Å². The molecule has 0 atom stereocenters. The number of halogens is 6. The van der Waals surface area contributed by atoms with Crippen molar-refractivity contribution in [3.05, 3.63) is 47.3 Å². The van der Waals surface area contributed by atoms with Crippen molar-refractivity contribution in [2.24, 2.45) is 0 Å². The Labute approximate surface area is 131 Å². The number of aryl methyl sites for hydroxylation is 1. The molecule has 4 nitrogen and oxygen atoms in total. The highest BCUT2D eigenvalue weighted by atomic mass is 19.4. The lowest BCUT2D eigenvalue weighted by Gasteiger charge is -2.14. The molecule has 0 saturated carbocycles. The van der Waals surface area contributed by atoms with Gasteiger partial charge in [-0.2, -0.15) is 31.4 Å². The summed E-state index contributed by atoms with van der Waals surface area (Å²) < 4.78 is 77.7.